The standard InChI is InChI=1S/C17H24N2O2/c1-20-13-14-21-12-4-9-18-11-8-16-6-2-5-15-7-3-10-19-17(15)16/h2-3,5-7,10,18H,4,8-9,11-14H2,1H3. The number of methoxy groups -OCH3 is 1. The number of rotatable bonds is 10. The molecule has 1 heterocycles. The van der Waals surface area contributed by atoms with Gasteiger partial charge in [-0.2, -0.15) is 0 Å². The van der Waals surface area contributed by atoms with Gasteiger partial charge in [-0.15, -0.1) is 0 Å². The van der Waals surface area contributed by atoms with Gasteiger partial charge in [0.15, 0.2) is 0 Å². The van der Waals surface area contributed by atoms with E-state index in [4.69, 9.17) is 9.47 Å². The molecule has 0 aliphatic carbocycles. The number of hydrogen-bond donors (Lipinski definition) is 1. The molecule has 0 saturated heterocycles. The van der Waals surface area contributed by atoms with Crippen molar-refractivity contribution < 1.29 is 9.47 Å². The molecule has 0 fully saturated rings. The van der Waals surface area contributed by atoms with Crippen LogP contribution in [0.5, 0.6) is 0 Å². The molecular formula is C17H24N2O2. The summed E-state index contributed by atoms with van der Waals surface area (Å²) in [5.41, 5.74) is 2.42. The third kappa shape index (κ3) is 5.42. The van der Waals surface area contributed by atoms with E-state index in [0.717, 1.165) is 38.1 Å². The van der Waals surface area contributed by atoms with Gasteiger partial charge in [0.25, 0.3) is 0 Å². The molecule has 2 aromatic rings. The van der Waals surface area contributed by atoms with Crippen LogP contribution in [0.1, 0.15) is 12.0 Å². The number of fused-ring (bicyclic) bond motifs is 1. The van der Waals surface area contributed by atoms with Crippen LogP contribution in [-0.2, 0) is 15.9 Å². The number of nitrogens with one attached hydrogen (secondary N) is 1. The Bertz CT molecular complexity index is 526. The van der Waals surface area contributed by atoms with Crippen LogP contribution >= 0.6 is 0 Å². The van der Waals surface area contributed by atoms with Gasteiger partial charge < -0.3 is 14.8 Å². The summed E-state index contributed by atoms with van der Waals surface area (Å²) >= 11 is 0. The largest absolute Gasteiger partial charge is 0.382 e. The average Bonchev–Trinajstić information content (AvgIpc) is 2.53. The second-order valence-electron chi connectivity index (χ2n) is 4.95. The summed E-state index contributed by atoms with van der Waals surface area (Å²) in [5, 5.41) is 4.66. The zero-order valence-electron chi connectivity index (χ0n) is 12.7. The van der Waals surface area contributed by atoms with E-state index in [1.807, 2.05) is 12.3 Å². The maximum Gasteiger partial charge on any atom is 0.0734 e. The predicted octanol–water partition coefficient (Wildman–Crippen LogP) is 2.42. The van der Waals surface area contributed by atoms with Crippen molar-refractivity contribution in [3.05, 3.63) is 42.1 Å². The van der Waals surface area contributed by atoms with E-state index in [1.165, 1.54) is 10.9 Å². The van der Waals surface area contributed by atoms with Crippen molar-refractivity contribution in [1.82, 2.24) is 10.3 Å². The molecule has 114 valence electrons. The first-order valence-corrected chi connectivity index (χ1v) is 7.52. The van der Waals surface area contributed by atoms with E-state index in [9.17, 15) is 0 Å². The average molecular weight is 288 g/mol. The lowest BCUT2D eigenvalue weighted by Crippen LogP contribution is -2.20. The van der Waals surface area contributed by atoms with Gasteiger partial charge in [0.05, 0.1) is 18.7 Å². The van der Waals surface area contributed by atoms with E-state index >= 15 is 0 Å². The fourth-order valence-electron chi connectivity index (χ4n) is 2.26. The molecule has 0 bridgehead atoms. The van der Waals surface area contributed by atoms with Crippen LogP contribution in [0.15, 0.2) is 36.5 Å². The molecule has 21 heavy (non-hydrogen) atoms. The molecule has 0 atom stereocenters. The van der Waals surface area contributed by atoms with Gasteiger partial charge in [-0.1, -0.05) is 24.3 Å². The molecule has 1 N–H and O–H groups in total. The second kappa shape index (κ2) is 9.45. The molecule has 4 heteroatoms. The molecule has 4 nitrogen and oxygen atoms in total. The van der Waals surface area contributed by atoms with Gasteiger partial charge in [0.1, 0.15) is 0 Å². The number of hydrogen-bond acceptors (Lipinski definition) is 4. The highest BCUT2D eigenvalue weighted by Gasteiger charge is 2.01. The molecule has 0 unspecified atom stereocenters. The van der Waals surface area contributed by atoms with Crippen molar-refractivity contribution in [2.75, 3.05) is 40.0 Å². The normalized spacial score (nSPS) is 11.1. The topological polar surface area (TPSA) is 43.4 Å². The van der Waals surface area contributed by atoms with Crippen LogP contribution in [0, 0.1) is 0 Å². The van der Waals surface area contributed by atoms with Gasteiger partial charge in [0, 0.05) is 25.3 Å². The lowest BCUT2D eigenvalue weighted by molar-refractivity contribution is 0.0695. The Kier molecular flexibility index (Phi) is 7.15. The van der Waals surface area contributed by atoms with Crippen LogP contribution in [0.25, 0.3) is 10.9 Å². The zero-order valence-corrected chi connectivity index (χ0v) is 12.7. The maximum absolute atomic E-state index is 5.42. The van der Waals surface area contributed by atoms with Crippen LogP contribution < -0.4 is 5.32 Å². The highest BCUT2D eigenvalue weighted by atomic mass is 16.5. The van der Waals surface area contributed by atoms with E-state index in [1.54, 1.807) is 7.11 Å². The Morgan fingerprint density at radius 2 is 1.95 bits per heavy atom. The minimum absolute atomic E-state index is 0.668. The maximum atomic E-state index is 5.42. The fourth-order valence-corrected chi connectivity index (χ4v) is 2.26. The molecule has 0 saturated carbocycles. The van der Waals surface area contributed by atoms with E-state index < -0.39 is 0 Å². The highest BCUT2D eigenvalue weighted by Crippen LogP contribution is 2.15. The molecule has 0 amide bonds. The van der Waals surface area contributed by atoms with Gasteiger partial charge in [-0.3, -0.25) is 4.98 Å². The summed E-state index contributed by atoms with van der Waals surface area (Å²) in [6, 6.07) is 10.5. The number of benzene rings is 1. The first-order chi connectivity index (χ1) is 10.4. The smallest absolute Gasteiger partial charge is 0.0734 e. The number of nitrogens with zero attached hydrogens (tertiary/aromatic N) is 1. The van der Waals surface area contributed by atoms with Crippen molar-refractivity contribution in [2.45, 2.75) is 12.8 Å². The summed E-state index contributed by atoms with van der Waals surface area (Å²) < 4.78 is 10.3. The molecular weight excluding hydrogens is 264 g/mol. The quantitative estimate of drug-likeness (QED) is 0.682. The number of para-hydroxylation sites is 1. The molecule has 0 spiro atoms. The third-order valence-electron chi connectivity index (χ3n) is 3.36. The van der Waals surface area contributed by atoms with Crippen LogP contribution in [0.4, 0.5) is 0 Å². The van der Waals surface area contributed by atoms with E-state index in [-0.39, 0.29) is 0 Å². The molecule has 0 aliphatic heterocycles. The first-order valence-electron chi connectivity index (χ1n) is 7.52. The molecule has 1 aromatic carbocycles. The minimum Gasteiger partial charge on any atom is -0.382 e. The van der Waals surface area contributed by atoms with Gasteiger partial charge >= 0.3 is 0 Å². The van der Waals surface area contributed by atoms with Crippen molar-refractivity contribution in [1.29, 1.82) is 0 Å². The van der Waals surface area contributed by atoms with Gasteiger partial charge in [-0.25, -0.2) is 0 Å². The highest BCUT2D eigenvalue weighted by molar-refractivity contribution is 5.81. The number of ether oxygens (including phenoxy) is 2. The molecule has 2 rings (SSSR count). The fraction of sp³-hybridized carbons (Fsp3) is 0.471. The Morgan fingerprint density at radius 1 is 1.05 bits per heavy atom. The van der Waals surface area contributed by atoms with Crippen LogP contribution in [-0.4, -0.2) is 45.0 Å². The summed E-state index contributed by atoms with van der Waals surface area (Å²) in [6.45, 7) is 4.07. The van der Waals surface area contributed by atoms with Gasteiger partial charge in [0.2, 0.25) is 0 Å². The lowest BCUT2D eigenvalue weighted by atomic mass is 10.1. The summed E-state index contributed by atoms with van der Waals surface area (Å²) in [4.78, 5) is 4.48. The molecule has 0 aliphatic rings. The van der Waals surface area contributed by atoms with Crippen LogP contribution in [0.3, 0.4) is 0 Å². The monoisotopic (exact) mass is 288 g/mol. The SMILES string of the molecule is COCCOCCCNCCc1cccc2cccnc12. The van der Waals surface area contributed by atoms with Crippen molar-refractivity contribution in [2.24, 2.45) is 0 Å². The Hall–Kier alpha value is -1.49. The Morgan fingerprint density at radius 3 is 2.86 bits per heavy atom. The zero-order chi connectivity index (χ0) is 14.8. The summed E-state index contributed by atoms with van der Waals surface area (Å²) in [5.74, 6) is 0. The number of aromatic nitrogens is 1. The summed E-state index contributed by atoms with van der Waals surface area (Å²) in [7, 11) is 1.69. The van der Waals surface area contributed by atoms with Crippen LogP contribution in [0.2, 0.25) is 0 Å². The minimum atomic E-state index is 0.668. The van der Waals surface area contributed by atoms with Crippen molar-refractivity contribution >= 4 is 10.9 Å². The lowest BCUT2D eigenvalue weighted by Gasteiger charge is -2.07. The number of pyridine rings is 1. The molecule has 0 radical (unpaired) electrons. The predicted molar refractivity (Wildman–Crippen MR) is 85.6 cm³/mol. The Labute approximate surface area is 126 Å². The second-order valence-corrected chi connectivity index (χ2v) is 4.95. The van der Waals surface area contributed by atoms with Crippen molar-refractivity contribution in [3.8, 4) is 0 Å². The first kappa shape index (κ1) is 15.9. The van der Waals surface area contributed by atoms with Gasteiger partial charge in [-0.05, 0) is 37.6 Å². The summed E-state index contributed by atoms with van der Waals surface area (Å²) in [6.07, 6.45) is 3.88. The van der Waals surface area contributed by atoms with Crippen molar-refractivity contribution in [3.63, 3.8) is 0 Å². The Balaban J connectivity index is 1.64. The van der Waals surface area contributed by atoms with E-state index in [2.05, 4.69) is 34.6 Å². The third-order valence-corrected chi connectivity index (χ3v) is 3.36. The van der Waals surface area contributed by atoms with E-state index in [0.29, 0.717) is 13.2 Å². The molecule has 1 aromatic heterocycles.